The van der Waals surface area contributed by atoms with E-state index in [-0.39, 0.29) is 23.5 Å². The first kappa shape index (κ1) is 30.8. The van der Waals surface area contributed by atoms with Crippen LogP contribution in [0, 0.1) is 24.0 Å². The fraction of sp³-hybridized carbons (Fsp3) is 0.172. The summed E-state index contributed by atoms with van der Waals surface area (Å²) in [5.74, 6) is -0.805. The molecule has 3 aromatic carbocycles. The van der Waals surface area contributed by atoms with Crippen LogP contribution in [0.15, 0.2) is 77.9 Å². The molecule has 0 saturated heterocycles. The molecular weight excluding hydrogens is 582 g/mol. The Labute approximate surface area is 240 Å². The number of nitro benzene ring substituents is 1. The van der Waals surface area contributed by atoms with E-state index in [1.165, 1.54) is 30.5 Å². The molecular formula is C29H22F6N4O4. The van der Waals surface area contributed by atoms with Gasteiger partial charge in [-0.2, -0.15) is 31.4 Å². The van der Waals surface area contributed by atoms with Gasteiger partial charge in [-0.3, -0.25) is 14.9 Å². The van der Waals surface area contributed by atoms with Gasteiger partial charge in [-0.25, -0.2) is 5.43 Å². The molecule has 0 aliphatic heterocycles. The van der Waals surface area contributed by atoms with Crippen molar-refractivity contribution in [1.82, 2.24) is 9.99 Å². The van der Waals surface area contributed by atoms with Crippen molar-refractivity contribution in [3.8, 4) is 17.2 Å². The molecule has 4 aromatic rings. The second kappa shape index (κ2) is 12.0. The summed E-state index contributed by atoms with van der Waals surface area (Å²) in [5, 5.41) is 15.2. The molecule has 0 radical (unpaired) electrons. The number of ether oxygens (including phenoxy) is 1. The normalized spacial score (nSPS) is 12.0. The number of carbonyl (C=O) groups excluding carboxylic acids is 1. The van der Waals surface area contributed by atoms with Crippen LogP contribution in [0.5, 0.6) is 11.5 Å². The van der Waals surface area contributed by atoms with Crippen LogP contribution in [-0.2, 0) is 23.6 Å². The maximum absolute atomic E-state index is 13.0. The van der Waals surface area contributed by atoms with Crippen LogP contribution < -0.4 is 10.2 Å². The number of halogens is 6. The molecule has 224 valence electrons. The Morgan fingerprint density at radius 3 is 2.23 bits per heavy atom. The number of nitrogens with zero attached hydrogens (tertiary/aromatic N) is 3. The van der Waals surface area contributed by atoms with Crippen molar-refractivity contribution < 1.29 is 40.8 Å². The van der Waals surface area contributed by atoms with Crippen molar-refractivity contribution in [3.05, 3.63) is 117 Å². The highest BCUT2D eigenvalue weighted by atomic mass is 19.4. The zero-order valence-electron chi connectivity index (χ0n) is 22.5. The molecule has 0 atom stereocenters. The molecule has 0 aliphatic rings. The minimum Gasteiger partial charge on any atom is -0.450 e. The quantitative estimate of drug-likeness (QED) is 0.0973. The molecule has 14 heteroatoms. The summed E-state index contributed by atoms with van der Waals surface area (Å²) < 4.78 is 84.9. The number of rotatable bonds is 8. The van der Waals surface area contributed by atoms with Gasteiger partial charge >= 0.3 is 18.0 Å². The van der Waals surface area contributed by atoms with E-state index in [4.69, 9.17) is 4.74 Å². The monoisotopic (exact) mass is 604 g/mol. The minimum absolute atomic E-state index is 0.152. The van der Waals surface area contributed by atoms with Crippen LogP contribution in [-0.4, -0.2) is 21.6 Å². The van der Waals surface area contributed by atoms with Gasteiger partial charge in [0.05, 0.1) is 28.7 Å². The van der Waals surface area contributed by atoms with E-state index in [1.807, 2.05) is 11.5 Å². The third kappa shape index (κ3) is 7.39. The van der Waals surface area contributed by atoms with Gasteiger partial charge in [0, 0.05) is 28.7 Å². The molecule has 1 N–H and O–H groups in total. The van der Waals surface area contributed by atoms with E-state index in [0.717, 1.165) is 29.6 Å². The number of benzene rings is 3. The molecule has 0 bridgehead atoms. The zero-order chi connectivity index (χ0) is 31.5. The maximum Gasteiger partial charge on any atom is 0.416 e. The van der Waals surface area contributed by atoms with E-state index in [2.05, 4.69) is 10.5 Å². The van der Waals surface area contributed by atoms with Gasteiger partial charge in [0.25, 0.3) is 0 Å². The summed E-state index contributed by atoms with van der Waals surface area (Å²) in [7, 11) is 0. The van der Waals surface area contributed by atoms with Crippen molar-refractivity contribution in [1.29, 1.82) is 0 Å². The van der Waals surface area contributed by atoms with Crippen LogP contribution >= 0.6 is 0 Å². The van der Waals surface area contributed by atoms with Gasteiger partial charge in [0.15, 0.2) is 0 Å². The number of alkyl halides is 6. The highest BCUT2D eigenvalue weighted by Gasteiger charge is 2.33. The second-order valence-electron chi connectivity index (χ2n) is 9.36. The first-order valence-electron chi connectivity index (χ1n) is 12.4. The lowest BCUT2D eigenvalue weighted by Crippen LogP contribution is -2.20. The van der Waals surface area contributed by atoms with Gasteiger partial charge in [-0.05, 0) is 67.9 Å². The minimum atomic E-state index is -4.75. The van der Waals surface area contributed by atoms with Gasteiger partial charge in [-0.1, -0.05) is 18.2 Å². The third-order valence-electron chi connectivity index (χ3n) is 6.29. The van der Waals surface area contributed by atoms with E-state index >= 15 is 0 Å². The lowest BCUT2D eigenvalue weighted by atomic mass is 10.1. The van der Waals surface area contributed by atoms with Gasteiger partial charge < -0.3 is 9.30 Å². The molecule has 0 spiro atoms. The Bertz CT molecular complexity index is 1690. The smallest absolute Gasteiger partial charge is 0.416 e. The number of aryl methyl sites for hydroxylation is 1. The lowest BCUT2D eigenvalue weighted by molar-refractivity contribution is -0.385. The lowest BCUT2D eigenvalue weighted by Gasteiger charge is -2.12. The number of hydrogen-bond acceptors (Lipinski definition) is 5. The van der Waals surface area contributed by atoms with Crippen molar-refractivity contribution in [2.45, 2.75) is 32.6 Å². The largest absolute Gasteiger partial charge is 0.450 e. The average molecular weight is 605 g/mol. The van der Waals surface area contributed by atoms with Crippen molar-refractivity contribution in [2.24, 2.45) is 5.10 Å². The number of aromatic nitrogens is 1. The van der Waals surface area contributed by atoms with Crippen LogP contribution in [0.3, 0.4) is 0 Å². The van der Waals surface area contributed by atoms with E-state index in [9.17, 15) is 41.3 Å². The molecule has 0 aliphatic carbocycles. The van der Waals surface area contributed by atoms with E-state index in [1.54, 1.807) is 25.1 Å². The Morgan fingerprint density at radius 1 is 0.953 bits per heavy atom. The number of nitro groups is 1. The molecule has 0 saturated carbocycles. The molecule has 8 nitrogen and oxygen atoms in total. The molecule has 0 unspecified atom stereocenters. The number of nitrogens with one attached hydrogen (secondary N) is 1. The van der Waals surface area contributed by atoms with Gasteiger partial charge in [-0.15, -0.1) is 0 Å². The molecule has 4 rings (SSSR count). The molecule has 1 amide bonds. The highest BCUT2D eigenvalue weighted by molar-refractivity contribution is 5.85. The maximum atomic E-state index is 13.0. The predicted molar refractivity (Wildman–Crippen MR) is 144 cm³/mol. The molecule has 43 heavy (non-hydrogen) atoms. The van der Waals surface area contributed by atoms with E-state index in [0.29, 0.717) is 23.4 Å². The fourth-order valence-electron chi connectivity index (χ4n) is 4.28. The Balaban J connectivity index is 1.45. The highest BCUT2D eigenvalue weighted by Crippen LogP contribution is 2.38. The first-order chi connectivity index (χ1) is 20.1. The van der Waals surface area contributed by atoms with Crippen molar-refractivity contribution >= 4 is 17.8 Å². The molecule has 0 fully saturated rings. The SMILES string of the molecule is Cc1cc(/C=N\NC(=O)Cc2cccc(C(F)(F)F)c2)c(C)n1-c1ccc(Oc2ccc(C(F)(F)F)cc2[N+](=O)[O-])cc1. The Morgan fingerprint density at radius 2 is 1.60 bits per heavy atom. The fourth-order valence-corrected chi connectivity index (χ4v) is 4.28. The van der Waals surface area contributed by atoms with Crippen LogP contribution in [0.25, 0.3) is 5.69 Å². The second-order valence-corrected chi connectivity index (χ2v) is 9.36. The number of hydrazone groups is 1. The van der Waals surface area contributed by atoms with E-state index < -0.39 is 40.0 Å². The summed E-state index contributed by atoms with van der Waals surface area (Å²) in [6, 6.07) is 14.5. The predicted octanol–water partition coefficient (Wildman–Crippen LogP) is 7.53. The summed E-state index contributed by atoms with van der Waals surface area (Å²) in [5.41, 5.74) is 2.43. The van der Waals surface area contributed by atoms with Gasteiger partial charge in [0.2, 0.25) is 11.7 Å². The number of hydrogen-bond donors (Lipinski definition) is 1. The summed E-state index contributed by atoms with van der Waals surface area (Å²) in [6.07, 6.45) is -8.18. The number of amides is 1. The Hall–Kier alpha value is -5.14. The van der Waals surface area contributed by atoms with Crippen LogP contribution in [0.4, 0.5) is 32.0 Å². The standard InChI is InChI=1S/C29H22F6N4O4/c1-17-12-20(16-36-37-27(40)14-19-4-3-5-21(13-19)28(30,31)32)18(2)38(17)23-7-9-24(10-8-23)43-26-11-6-22(29(33,34)35)15-25(26)39(41)42/h3-13,15-16H,14H2,1-2H3,(H,37,40)/b36-16-. The zero-order valence-corrected chi connectivity index (χ0v) is 22.5. The van der Waals surface area contributed by atoms with Crippen LogP contribution in [0.2, 0.25) is 0 Å². The Kier molecular flexibility index (Phi) is 8.60. The molecule has 1 heterocycles. The van der Waals surface area contributed by atoms with Crippen molar-refractivity contribution in [3.63, 3.8) is 0 Å². The first-order valence-corrected chi connectivity index (χ1v) is 12.4. The third-order valence-corrected chi connectivity index (χ3v) is 6.29. The summed E-state index contributed by atoms with van der Waals surface area (Å²) in [6.45, 7) is 3.60. The molecule has 1 aromatic heterocycles. The average Bonchev–Trinajstić information content (AvgIpc) is 3.20. The topological polar surface area (TPSA) is 98.8 Å². The summed E-state index contributed by atoms with van der Waals surface area (Å²) >= 11 is 0. The summed E-state index contributed by atoms with van der Waals surface area (Å²) in [4.78, 5) is 22.6. The van der Waals surface area contributed by atoms with Gasteiger partial charge in [0.1, 0.15) is 5.75 Å². The van der Waals surface area contributed by atoms with Crippen LogP contribution in [0.1, 0.15) is 33.6 Å². The van der Waals surface area contributed by atoms with Crippen molar-refractivity contribution in [2.75, 3.05) is 0 Å². The number of carbonyl (C=O) groups is 1.